The smallest absolute Gasteiger partial charge is 0.319 e. The molecule has 1 N–H and O–H groups in total. The fraction of sp³-hybridized carbons (Fsp3) is 0.448. The molecule has 0 bridgehead atoms. The van der Waals surface area contributed by atoms with Gasteiger partial charge in [0, 0.05) is 36.6 Å². The third kappa shape index (κ3) is 4.73. The zero-order valence-electron chi connectivity index (χ0n) is 22.8. The van der Waals surface area contributed by atoms with Crippen LogP contribution in [0.3, 0.4) is 0 Å². The lowest BCUT2D eigenvalue weighted by molar-refractivity contribution is 0.188. The van der Waals surface area contributed by atoms with Crippen molar-refractivity contribution in [2.24, 2.45) is 0 Å². The van der Waals surface area contributed by atoms with E-state index in [2.05, 4.69) is 41.0 Å². The van der Waals surface area contributed by atoms with Crippen LogP contribution in [-0.2, 0) is 0 Å². The van der Waals surface area contributed by atoms with Gasteiger partial charge in [0.25, 0.3) is 5.56 Å². The molecular weight excluding hydrogens is 514 g/mol. The van der Waals surface area contributed by atoms with E-state index >= 15 is 0 Å². The molecule has 204 valence electrons. The highest BCUT2D eigenvalue weighted by atomic mass is 35.5. The number of anilines is 1. The monoisotopic (exact) mass is 547 g/mol. The standard InChI is InChI=1S/C29H34ClN7O2/c1-17-15-36(18(2)14-31-17)27-25-26(33-29(34-27)39-16-21-10-7-13-35(21)4)28(38)37(19(3)32-25)23-12-6-9-20-8-5-11-22(30)24(20)23/h5-6,8-9,11-12,17-18,21,31H,7,10,13-16H2,1-4H3/t17-,18-,21-/m0/s1. The van der Waals surface area contributed by atoms with E-state index in [1.54, 1.807) is 4.57 Å². The van der Waals surface area contributed by atoms with Crippen LogP contribution in [-0.4, -0.2) is 75.8 Å². The number of nitrogens with one attached hydrogen (secondary N) is 1. The second-order valence-electron chi connectivity index (χ2n) is 10.8. The largest absolute Gasteiger partial charge is 0.462 e. The summed E-state index contributed by atoms with van der Waals surface area (Å²) in [6.45, 7) is 9.20. The minimum Gasteiger partial charge on any atom is -0.462 e. The summed E-state index contributed by atoms with van der Waals surface area (Å²) in [5, 5.41) is 5.84. The van der Waals surface area contributed by atoms with Crippen LogP contribution < -0.4 is 20.5 Å². The molecular formula is C29H34ClN7O2. The number of halogens is 1. The van der Waals surface area contributed by atoms with E-state index in [-0.39, 0.29) is 29.2 Å². The third-order valence-electron chi connectivity index (χ3n) is 8.03. The van der Waals surface area contributed by atoms with Crippen LogP contribution in [0.2, 0.25) is 5.02 Å². The van der Waals surface area contributed by atoms with E-state index in [1.165, 1.54) is 0 Å². The van der Waals surface area contributed by atoms with E-state index < -0.39 is 0 Å². The maximum atomic E-state index is 14.2. The summed E-state index contributed by atoms with van der Waals surface area (Å²) in [6, 6.07) is 12.5. The van der Waals surface area contributed by atoms with Gasteiger partial charge in [-0.15, -0.1) is 0 Å². The SMILES string of the molecule is Cc1nc2c(N3C[C@H](C)NC[C@@H]3C)nc(OC[C@@H]3CCCN3C)nc2c(=O)n1-c1cccc2cccc(Cl)c12. The summed E-state index contributed by atoms with van der Waals surface area (Å²) in [5.74, 6) is 1.18. The topological polar surface area (TPSA) is 88.4 Å². The highest BCUT2D eigenvalue weighted by Gasteiger charge is 2.29. The van der Waals surface area contributed by atoms with Crippen LogP contribution in [0.5, 0.6) is 6.01 Å². The van der Waals surface area contributed by atoms with E-state index in [4.69, 9.17) is 26.3 Å². The molecule has 9 nitrogen and oxygen atoms in total. The summed E-state index contributed by atoms with van der Waals surface area (Å²) < 4.78 is 7.78. The quantitative estimate of drug-likeness (QED) is 0.402. The Labute approximate surface area is 232 Å². The van der Waals surface area contributed by atoms with Gasteiger partial charge in [-0.2, -0.15) is 9.97 Å². The number of hydrogen-bond acceptors (Lipinski definition) is 8. The van der Waals surface area contributed by atoms with Crippen LogP contribution in [0.1, 0.15) is 32.5 Å². The molecule has 0 aliphatic carbocycles. The zero-order chi connectivity index (χ0) is 27.3. The number of piperazine rings is 1. The number of aryl methyl sites for hydroxylation is 1. The van der Waals surface area contributed by atoms with Crippen molar-refractivity contribution < 1.29 is 4.74 Å². The predicted octanol–water partition coefficient (Wildman–Crippen LogP) is 3.95. The van der Waals surface area contributed by atoms with Gasteiger partial charge in [-0.3, -0.25) is 9.36 Å². The maximum Gasteiger partial charge on any atom is 0.319 e. The fourth-order valence-corrected chi connectivity index (χ4v) is 6.11. The Bertz CT molecular complexity index is 1600. The molecule has 0 spiro atoms. The molecule has 3 atom stereocenters. The first-order valence-corrected chi connectivity index (χ1v) is 14.0. The normalized spacial score (nSPS) is 22.2. The number of likely N-dealkylation sites (tertiary alicyclic amines) is 1. The molecule has 0 radical (unpaired) electrons. The van der Waals surface area contributed by atoms with Gasteiger partial charge in [0.2, 0.25) is 0 Å². The lowest BCUT2D eigenvalue weighted by Gasteiger charge is -2.38. The Morgan fingerprint density at radius 1 is 1.10 bits per heavy atom. The van der Waals surface area contributed by atoms with Crippen molar-refractivity contribution in [1.82, 2.24) is 29.7 Å². The molecule has 0 amide bonds. The van der Waals surface area contributed by atoms with Crippen LogP contribution in [0.25, 0.3) is 27.5 Å². The van der Waals surface area contributed by atoms with Gasteiger partial charge in [0.1, 0.15) is 17.9 Å². The average molecular weight is 548 g/mol. The van der Waals surface area contributed by atoms with Gasteiger partial charge >= 0.3 is 6.01 Å². The molecule has 4 heterocycles. The van der Waals surface area contributed by atoms with E-state index in [1.807, 2.05) is 43.3 Å². The molecule has 2 fully saturated rings. The molecule has 2 aromatic carbocycles. The lowest BCUT2D eigenvalue weighted by atomic mass is 10.1. The zero-order valence-corrected chi connectivity index (χ0v) is 23.6. The number of likely N-dealkylation sites (N-methyl/N-ethyl adjacent to an activating group) is 1. The first-order valence-electron chi connectivity index (χ1n) is 13.6. The maximum absolute atomic E-state index is 14.2. The number of aromatic nitrogens is 4. The molecule has 2 saturated heterocycles. The van der Waals surface area contributed by atoms with E-state index in [0.717, 1.165) is 43.2 Å². The number of ether oxygens (including phenoxy) is 1. The Morgan fingerprint density at radius 2 is 1.90 bits per heavy atom. The Hall–Kier alpha value is -3.27. The minimum absolute atomic E-state index is 0.162. The van der Waals surface area contributed by atoms with Crippen LogP contribution in [0.15, 0.2) is 41.2 Å². The van der Waals surface area contributed by atoms with Crippen molar-refractivity contribution in [2.45, 2.75) is 51.7 Å². The molecule has 2 aliphatic rings. The van der Waals surface area contributed by atoms with Gasteiger partial charge < -0.3 is 19.9 Å². The lowest BCUT2D eigenvalue weighted by Crippen LogP contribution is -2.54. The summed E-state index contributed by atoms with van der Waals surface area (Å²) >= 11 is 6.63. The predicted molar refractivity (Wildman–Crippen MR) is 156 cm³/mol. The summed E-state index contributed by atoms with van der Waals surface area (Å²) in [5.41, 5.74) is 1.14. The van der Waals surface area contributed by atoms with Crippen LogP contribution >= 0.6 is 11.6 Å². The number of hydrogen-bond donors (Lipinski definition) is 1. The van der Waals surface area contributed by atoms with E-state index in [0.29, 0.717) is 40.5 Å². The second-order valence-corrected chi connectivity index (χ2v) is 11.2. The molecule has 10 heteroatoms. The summed E-state index contributed by atoms with van der Waals surface area (Å²) in [7, 11) is 2.11. The van der Waals surface area contributed by atoms with Crippen molar-refractivity contribution in [1.29, 1.82) is 0 Å². The van der Waals surface area contributed by atoms with Gasteiger partial charge in [0.15, 0.2) is 11.3 Å². The Balaban J connectivity index is 1.54. The molecule has 4 aromatic rings. The van der Waals surface area contributed by atoms with Crippen molar-refractivity contribution in [3.63, 3.8) is 0 Å². The third-order valence-corrected chi connectivity index (χ3v) is 8.35. The van der Waals surface area contributed by atoms with Gasteiger partial charge in [-0.1, -0.05) is 35.9 Å². The van der Waals surface area contributed by atoms with Crippen molar-refractivity contribution in [3.05, 3.63) is 57.6 Å². The molecule has 0 unspecified atom stereocenters. The molecule has 6 rings (SSSR count). The van der Waals surface area contributed by atoms with Crippen molar-refractivity contribution in [2.75, 3.05) is 38.2 Å². The Morgan fingerprint density at radius 3 is 2.67 bits per heavy atom. The molecule has 2 aliphatic heterocycles. The summed E-state index contributed by atoms with van der Waals surface area (Å²) in [6.07, 6.45) is 2.21. The fourth-order valence-electron chi connectivity index (χ4n) is 5.83. The van der Waals surface area contributed by atoms with Crippen LogP contribution in [0, 0.1) is 6.92 Å². The highest BCUT2D eigenvalue weighted by Crippen LogP contribution is 2.31. The van der Waals surface area contributed by atoms with Crippen molar-refractivity contribution in [3.8, 4) is 11.7 Å². The van der Waals surface area contributed by atoms with Crippen LogP contribution in [0.4, 0.5) is 5.82 Å². The second kappa shape index (κ2) is 10.4. The average Bonchev–Trinajstić information content (AvgIpc) is 3.33. The number of rotatable bonds is 5. The summed E-state index contributed by atoms with van der Waals surface area (Å²) in [4.78, 5) is 33.2. The van der Waals surface area contributed by atoms with Gasteiger partial charge in [-0.25, -0.2) is 4.98 Å². The number of fused-ring (bicyclic) bond motifs is 2. The minimum atomic E-state index is -0.271. The molecule has 0 saturated carbocycles. The molecule has 2 aromatic heterocycles. The first kappa shape index (κ1) is 26.0. The van der Waals surface area contributed by atoms with Crippen molar-refractivity contribution >= 4 is 39.2 Å². The first-order chi connectivity index (χ1) is 18.8. The Kier molecular flexibility index (Phi) is 6.91. The van der Waals surface area contributed by atoms with E-state index in [9.17, 15) is 4.79 Å². The highest BCUT2D eigenvalue weighted by molar-refractivity contribution is 6.36. The number of nitrogens with zero attached hydrogens (tertiary/aromatic N) is 6. The molecule has 39 heavy (non-hydrogen) atoms. The number of benzene rings is 2. The van der Waals surface area contributed by atoms with Gasteiger partial charge in [-0.05, 0) is 64.7 Å². The van der Waals surface area contributed by atoms with Gasteiger partial charge in [0.05, 0.1) is 10.7 Å².